The summed E-state index contributed by atoms with van der Waals surface area (Å²) in [6.45, 7) is 11.2. The number of unbranched alkanes of at least 4 members (excludes halogenated alkanes) is 25. The van der Waals surface area contributed by atoms with Crippen LogP contribution in [0.2, 0.25) is 0 Å². The molecular formula is C46H88O6. The predicted octanol–water partition coefficient (Wildman–Crippen LogP) is 14.2. The Hall–Kier alpha value is -1.59. The van der Waals surface area contributed by atoms with Gasteiger partial charge in [0.15, 0.2) is 6.10 Å². The van der Waals surface area contributed by atoms with Crippen molar-refractivity contribution in [3.63, 3.8) is 0 Å². The van der Waals surface area contributed by atoms with E-state index in [2.05, 4.69) is 34.6 Å². The number of rotatable bonds is 40. The highest BCUT2D eigenvalue weighted by Gasteiger charge is 2.19. The van der Waals surface area contributed by atoms with Crippen LogP contribution in [-0.2, 0) is 28.6 Å². The van der Waals surface area contributed by atoms with E-state index >= 15 is 0 Å². The first-order valence-electron chi connectivity index (χ1n) is 22.7. The van der Waals surface area contributed by atoms with Gasteiger partial charge in [-0.05, 0) is 31.1 Å². The first kappa shape index (κ1) is 50.4. The third kappa shape index (κ3) is 39.6. The maximum Gasteiger partial charge on any atom is 0.306 e. The highest BCUT2D eigenvalue weighted by atomic mass is 16.6. The van der Waals surface area contributed by atoms with Crippen LogP contribution in [0.25, 0.3) is 0 Å². The van der Waals surface area contributed by atoms with Crippen molar-refractivity contribution in [2.45, 2.75) is 253 Å². The molecule has 0 N–H and O–H groups in total. The second-order valence-corrected chi connectivity index (χ2v) is 16.6. The van der Waals surface area contributed by atoms with Crippen molar-refractivity contribution in [2.24, 2.45) is 11.8 Å². The zero-order valence-electron chi connectivity index (χ0n) is 35.4. The SMILES string of the molecule is CCCCCCCCCCCCCCCC(=O)OC[C@@H](COC(=O)CCCCCCCCC(C)C)OC(=O)CCCCCCCCCCCC(C)C. The Bertz CT molecular complexity index is 794. The average Bonchev–Trinajstić information content (AvgIpc) is 3.11. The molecule has 0 saturated carbocycles. The second kappa shape index (κ2) is 39.1. The Labute approximate surface area is 323 Å². The maximum absolute atomic E-state index is 12.7. The molecule has 0 heterocycles. The van der Waals surface area contributed by atoms with Gasteiger partial charge >= 0.3 is 17.9 Å². The van der Waals surface area contributed by atoms with Crippen molar-refractivity contribution in [1.82, 2.24) is 0 Å². The molecule has 308 valence electrons. The van der Waals surface area contributed by atoms with E-state index in [-0.39, 0.29) is 31.1 Å². The summed E-state index contributed by atoms with van der Waals surface area (Å²) in [5.41, 5.74) is 0. The quantitative estimate of drug-likeness (QED) is 0.0354. The van der Waals surface area contributed by atoms with Gasteiger partial charge in [0, 0.05) is 19.3 Å². The van der Waals surface area contributed by atoms with Gasteiger partial charge in [-0.1, -0.05) is 208 Å². The molecule has 0 amide bonds. The molecule has 0 fully saturated rings. The highest BCUT2D eigenvalue weighted by molar-refractivity contribution is 5.71. The van der Waals surface area contributed by atoms with Crippen LogP contribution in [0.5, 0.6) is 0 Å². The van der Waals surface area contributed by atoms with E-state index in [0.29, 0.717) is 19.3 Å². The fourth-order valence-electron chi connectivity index (χ4n) is 6.75. The number of ether oxygens (including phenoxy) is 3. The minimum Gasteiger partial charge on any atom is -0.462 e. The Morgan fingerprint density at radius 2 is 0.635 bits per heavy atom. The molecule has 0 aromatic carbocycles. The Morgan fingerprint density at radius 3 is 0.942 bits per heavy atom. The molecule has 1 atom stereocenters. The predicted molar refractivity (Wildman–Crippen MR) is 220 cm³/mol. The minimum atomic E-state index is -0.760. The summed E-state index contributed by atoms with van der Waals surface area (Å²) in [7, 11) is 0. The normalized spacial score (nSPS) is 12.1. The van der Waals surface area contributed by atoms with Crippen LogP contribution in [0.1, 0.15) is 247 Å². The van der Waals surface area contributed by atoms with Crippen molar-refractivity contribution in [2.75, 3.05) is 13.2 Å². The van der Waals surface area contributed by atoms with E-state index in [1.807, 2.05) is 0 Å². The van der Waals surface area contributed by atoms with Gasteiger partial charge < -0.3 is 14.2 Å². The van der Waals surface area contributed by atoms with Gasteiger partial charge in [-0.25, -0.2) is 0 Å². The number of hydrogen-bond acceptors (Lipinski definition) is 6. The molecule has 0 aromatic heterocycles. The fourth-order valence-corrected chi connectivity index (χ4v) is 6.75. The van der Waals surface area contributed by atoms with Gasteiger partial charge in [-0.2, -0.15) is 0 Å². The van der Waals surface area contributed by atoms with Crippen LogP contribution < -0.4 is 0 Å². The van der Waals surface area contributed by atoms with E-state index in [4.69, 9.17) is 14.2 Å². The summed E-state index contributed by atoms with van der Waals surface area (Å²) in [4.78, 5) is 37.6. The van der Waals surface area contributed by atoms with Crippen molar-refractivity contribution in [3.8, 4) is 0 Å². The highest BCUT2D eigenvalue weighted by Crippen LogP contribution is 2.16. The maximum atomic E-state index is 12.7. The van der Waals surface area contributed by atoms with Crippen LogP contribution in [0.4, 0.5) is 0 Å². The molecule has 0 aliphatic heterocycles. The molecule has 0 aliphatic carbocycles. The smallest absolute Gasteiger partial charge is 0.306 e. The van der Waals surface area contributed by atoms with E-state index in [0.717, 1.165) is 69.6 Å². The number of carbonyl (C=O) groups excluding carboxylic acids is 3. The molecule has 0 saturated heterocycles. The zero-order valence-corrected chi connectivity index (χ0v) is 35.4. The average molecular weight is 737 g/mol. The van der Waals surface area contributed by atoms with Crippen LogP contribution in [0.3, 0.4) is 0 Å². The van der Waals surface area contributed by atoms with Crippen molar-refractivity contribution >= 4 is 17.9 Å². The molecule has 0 unspecified atom stereocenters. The first-order chi connectivity index (χ1) is 25.2. The lowest BCUT2D eigenvalue weighted by molar-refractivity contribution is -0.167. The monoisotopic (exact) mass is 737 g/mol. The Kier molecular flexibility index (Phi) is 37.9. The second-order valence-electron chi connectivity index (χ2n) is 16.6. The molecule has 6 nitrogen and oxygen atoms in total. The van der Waals surface area contributed by atoms with Gasteiger partial charge in [0.2, 0.25) is 0 Å². The van der Waals surface area contributed by atoms with Crippen LogP contribution in [0.15, 0.2) is 0 Å². The van der Waals surface area contributed by atoms with Crippen molar-refractivity contribution in [3.05, 3.63) is 0 Å². The summed E-state index contributed by atoms with van der Waals surface area (Å²) in [5.74, 6) is 0.707. The minimum absolute atomic E-state index is 0.0656. The van der Waals surface area contributed by atoms with Gasteiger partial charge in [0.25, 0.3) is 0 Å². The Balaban J connectivity index is 4.32. The summed E-state index contributed by atoms with van der Waals surface area (Å²) in [5, 5.41) is 0. The fraction of sp³-hybridized carbons (Fsp3) is 0.935. The van der Waals surface area contributed by atoms with E-state index in [1.165, 1.54) is 135 Å². The van der Waals surface area contributed by atoms with E-state index in [1.54, 1.807) is 0 Å². The number of hydrogen-bond donors (Lipinski definition) is 0. The van der Waals surface area contributed by atoms with Crippen LogP contribution in [0, 0.1) is 11.8 Å². The van der Waals surface area contributed by atoms with Crippen molar-refractivity contribution in [1.29, 1.82) is 0 Å². The molecular weight excluding hydrogens is 648 g/mol. The first-order valence-corrected chi connectivity index (χ1v) is 22.7. The largest absolute Gasteiger partial charge is 0.462 e. The zero-order chi connectivity index (χ0) is 38.3. The van der Waals surface area contributed by atoms with Crippen LogP contribution in [-0.4, -0.2) is 37.2 Å². The lowest BCUT2D eigenvalue weighted by Gasteiger charge is -2.18. The third-order valence-corrected chi connectivity index (χ3v) is 10.2. The standard InChI is InChI=1S/C46H88O6/c1-6-7-8-9-10-11-12-13-14-17-20-26-31-36-44(47)50-39-43(40-51-45(48)37-32-27-23-22-25-30-35-42(4)5)52-46(49)38-33-28-21-18-15-16-19-24-29-34-41(2)3/h41-43H,6-40H2,1-5H3/t43-/m0/s1. The van der Waals surface area contributed by atoms with E-state index < -0.39 is 6.10 Å². The third-order valence-electron chi connectivity index (χ3n) is 10.2. The topological polar surface area (TPSA) is 78.9 Å². The molecule has 0 radical (unpaired) electrons. The summed E-state index contributed by atoms with van der Waals surface area (Å²) < 4.78 is 16.7. The summed E-state index contributed by atoms with van der Waals surface area (Å²) in [6.07, 6.45) is 36.7. The summed E-state index contributed by atoms with van der Waals surface area (Å²) >= 11 is 0. The molecule has 0 aromatic rings. The molecule has 0 spiro atoms. The van der Waals surface area contributed by atoms with Crippen molar-refractivity contribution < 1.29 is 28.6 Å². The summed E-state index contributed by atoms with van der Waals surface area (Å²) in [6, 6.07) is 0. The molecule has 0 aliphatic rings. The Morgan fingerprint density at radius 1 is 0.365 bits per heavy atom. The van der Waals surface area contributed by atoms with Gasteiger partial charge in [0.05, 0.1) is 0 Å². The van der Waals surface area contributed by atoms with Crippen LogP contribution >= 0.6 is 0 Å². The number of esters is 3. The molecule has 6 heteroatoms. The number of carbonyl (C=O) groups is 3. The molecule has 52 heavy (non-hydrogen) atoms. The van der Waals surface area contributed by atoms with Gasteiger partial charge in [-0.15, -0.1) is 0 Å². The van der Waals surface area contributed by atoms with Gasteiger partial charge in [-0.3, -0.25) is 14.4 Å². The van der Waals surface area contributed by atoms with Gasteiger partial charge in [0.1, 0.15) is 13.2 Å². The lowest BCUT2D eigenvalue weighted by atomic mass is 10.0. The molecule has 0 rings (SSSR count). The molecule has 0 bridgehead atoms. The van der Waals surface area contributed by atoms with E-state index in [9.17, 15) is 14.4 Å². The lowest BCUT2D eigenvalue weighted by Crippen LogP contribution is -2.30.